The van der Waals surface area contributed by atoms with E-state index in [1.165, 1.54) is 4.90 Å². The van der Waals surface area contributed by atoms with Gasteiger partial charge in [0.25, 0.3) is 0 Å². The SMILES string of the molecule is CC1CCN(C(=O)C(CN(C)Cc2ccccc2)NC(=O)OCC2c3ccccc3-c3ccccc32)C(C(=O)O)C1. The van der Waals surface area contributed by atoms with Crippen molar-refractivity contribution in [1.82, 2.24) is 15.1 Å². The molecular weight excluding hydrogens is 518 g/mol. The number of piperidine rings is 1. The van der Waals surface area contributed by atoms with Gasteiger partial charge in [-0.25, -0.2) is 9.59 Å². The molecule has 0 aromatic heterocycles. The lowest BCUT2D eigenvalue weighted by Gasteiger charge is -2.38. The molecule has 3 atom stereocenters. The van der Waals surface area contributed by atoms with Crippen molar-refractivity contribution in [2.24, 2.45) is 5.92 Å². The van der Waals surface area contributed by atoms with E-state index >= 15 is 0 Å². The molecule has 2 aliphatic rings. The molecule has 0 spiro atoms. The highest BCUT2D eigenvalue weighted by Crippen LogP contribution is 2.44. The van der Waals surface area contributed by atoms with Crippen LogP contribution >= 0.6 is 0 Å². The molecule has 0 saturated carbocycles. The predicted molar refractivity (Wildman–Crippen MR) is 156 cm³/mol. The van der Waals surface area contributed by atoms with Crippen LogP contribution in [-0.4, -0.2) is 71.7 Å². The van der Waals surface area contributed by atoms with Crippen molar-refractivity contribution in [1.29, 1.82) is 0 Å². The average Bonchev–Trinajstić information content (AvgIpc) is 3.29. The molecule has 8 nitrogen and oxygen atoms in total. The van der Waals surface area contributed by atoms with Crippen LogP contribution in [0, 0.1) is 5.92 Å². The number of nitrogens with one attached hydrogen (secondary N) is 1. The van der Waals surface area contributed by atoms with E-state index in [0.29, 0.717) is 25.9 Å². The highest BCUT2D eigenvalue weighted by molar-refractivity contribution is 5.90. The molecule has 1 aliphatic heterocycles. The molecule has 8 heteroatoms. The van der Waals surface area contributed by atoms with E-state index < -0.39 is 30.1 Å². The van der Waals surface area contributed by atoms with Gasteiger partial charge in [0.05, 0.1) is 0 Å². The Morgan fingerprint density at radius 2 is 1.59 bits per heavy atom. The van der Waals surface area contributed by atoms with E-state index in [-0.39, 0.29) is 25.0 Å². The monoisotopic (exact) mass is 555 g/mol. The third kappa shape index (κ3) is 6.43. The lowest BCUT2D eigenvalue weighted by atomic mass is 9.92. The summed E-state index contributed by atoms with van der Waals surface area (Å²) in [6, 6.07) is 24.2. The van der Waals surface area contributed by atoms with Crippen LogP contribution < -0.4 is 5.32 Å². The highest BCUT2D eigenvalue weighted by Gasteiger charge is 2.39. The van der Waals surface area contributed by atoms with Gasteiger partial charge in [0.2, 0.25) is 5.91 Å². The maximum absolute atomic E-state index is 13.8. The Bertz CT molecular complexity index is 1350. The van der Waals surface area contributed by atoms with Crippen LogP contribution in [0.3, 0.4) is 0 Å². The number of carbonyl (C=O) groups excluding carboxylic acids is 2. The molecule has 2 N–H and O–H groups in total. The van der Waals surface area contributed by atoms with E-state index in [2.05, 4.69) is 29.6 Å². The topological polar surface area (TPSA) is 99.2 Å². The number of likely N-dealkylation sites (N-methyl/N-ethyl adjacent to an activating group) is 1. The molecule has 214 valence electrons. The number of hydrogen-bond donors (Lipinski definition) is 2. The first kappa shape index (κ1) is 28.4. The number of ether oxygens (including phenoxy) is 1. The number of nitrogens with zero attached hydrogens (tertiary/aromatic N) is 2. The summed E-state index contributed by atoms with van der Waals surface area (Å²) < 4.78 is 5.74. The van der Waals surface area contributed by atoms with Crippen LogP contribution in [0.4, 0.5) is 4.79 Å². The number of benzene rings is 3. The van der Waals surface area contributed by atoms with Crippen LogP contribution in [0.5, 0.6) is 0 Å². The average molecular weight is 556 g/mol. The van der Waals surface area contributed by atoms with Crippen molar-refractivity contribution in [2.75, 3.05) is 26.7 Å². The minimum Gasteiger partial charge on any atom is -0.480 e. The van der Waals surface area contributed by atoms with Crippen LogP contribution in [0.25, 0.3) is 11.1 Å². The van der Waals surface area contributed by atoms with Gasteiger partial charge < -0.3 is 20.1 Å². The lowest BCUT2D eigenvalue weighted by Crippen LogP contribution is -2.58. The van der Waals surface area contributed by atoms with Crippen molar-refractivity contribution in [2.45, 2.75) is 44.3 Å². The predicted octanol–water partition coefficient (Wildman–Crippen LogP) is 4.74. The van der Waals surface area contributed by atoms with Crippen molar-refractivity contribution in [3.63, 3.8) is 0 Å². The van der Waals surface area contributed by atoms with Gasteiger partial charge in [0.1, 0.15) is 18.7 Å². The van der Waals surface area contributed by atoms with Crippen molar-refractivity contribution < 1.29 is 24.2 Å². The largest absolute Gasteiger partial charge is 0.480 e. The zero-order chi connectivity index (χ0) is 28.9. The number of aliphatic carboxylic acids is 1. The summed E-state index contributed by atoms with van der Waals surface area (Å²) in [4.78, 5) is 42.4. The van der Waals surface area contributed by atoms with Gasteiger partial charge in [0.15, 0.2) is 0 Å². The smallest absolute Gasteiger partial charge is 0.407 e. The maximum atomic E-state index is 13.8. The molecule has 0 radical (unpaired) electrons. The molecule has 5 rings (SSSR count). The zero-order valence-electron chi connectivity index (χ0n) is 23.5. The summed E-state index contributed by atoms with van der Waals surface area (Å²) in [6.45, 7) is 3.23. The number of carboxylic acid groups (broad SMARTS) is 1. The van der Waals surface area contributed by atoms with Gasteiger partial charge in [-0.1, -0.05) is 85.8 Å². The number of rotatable bonds is 9. The fraction of sp³-hybridized carbons (Fsp3) is 0.364. The van der Waals surface area contributed by atoms with Crippen molar-refractivity contribution in [3.8, 4) is 11.1 Å². The molecule has 1 aliphatic carbocycles. The Kier molecular flexibility index (Phi) is 8.69. The fourth-order valence-corrected chi connectivity index (χ4v) is 6.08. The standard InChI is InChI=1S/C33H37N3O5/c1-22-16-17-36(30(18-22)32(38)39)31(37)29(20-35(2)19-23-10-4-3-5-11-23)34-33(40)41-21-28-26-14-8-6-12-24(26)25-13-7-9-15-27(25)28/h3-15,22,28-30H,16-21H2,1-2H3,(H,34,40)(H,38,39). The van der Waals surface area contributed by atoms with E-state index in [9.17, 15) is 19.5 Å². The minimum atomic E-state index is -1.03. The number of amides is 2. The number of likely N-dealkylation sites (tertiary alicyclic amines) is 1. The molecule has 1 heterocycles. The molecule has 3 aromatic rings. The van der Waals surface area contributed by atoms with Gasteiger partial charge in [0, 0.05) is 25.6 Å². The molecule has 1 fully saturated rings. The van der Waals surface area contributed by atoms with Crippen LogP contribution in [0.1, 0.15) is 42.4 Å². The normalized spacial score (nSPS) is 18.9. The van der Waals surface area contributed by atoms with Gasteiger partial charge in [-0.15, -0.1) is 0 Å². The second-order valence-electron chi connectivity index (χ2n) is 11.2. The molecule has 1 saturated heterocycles. The lowest BCUT2D eigenvalue weighted by molar-refractivity contribution is -0.154. The number of carboxylic acids is 1. The summed E-state index contributed by atoms with van der Waals surface area (Å²) in [6.07, 6.45) is 0.404. The van der Waals surface area contributed by atoms with E-state index in [4.69, 9.17) is 4.74 Å². The number of fused-ring (bicyclic) bond motifs is 3. The third-order valence-corrected chi connectivity index (χ3v) is 8.16. The molecular formula is C33H37N3O5. The third-order valence-electron chi connectivity index (χ3n) is 8.16. The molecule has 41 heavy (non-hydrogen) atoms. The number of alkyl carbamates (subject to hydrolysis) is 1. The number of hydrogen-bond acceptors (Lipinski definition) is 5. The zero-order valence-corrected chi connectivity index (χ0v) is 23.5. The minimum absolute atomic E-state index is 0.108. The molecule has 3 aromatic carbocycles. The second-order valence-corrected chi connectivity index (χ2v) is 11.2. The van der Waals surface area contributed by atoms with Gasteiger partial charge in [-0.2, -0.15) is 0 Å². The quantitative estimate of drug-likeness (QED) is 0.396. The summed E-state index contributed by atoms with van der Waals surface area (Å²) in [7, 11) is 1.87. The first-order valence-electron chi connectivity index (χ1n) is 14.2. The Morgan fingerprint density at radius 1 is 0.976 bits per heavy atom. The Hall–Kier alpha value is -4.17. The van der Waals surface area contributed by atoms with Gasteiger partial charge >= 0.3 is 12.1 Å². The van der Waals surface area contributed by atoms with Crippen LogP contribution in [-0.2, 0) is 20.9 Å². The first-order chi connectivity index (χ1) is 19.8. The summed E-state index contributed by atoms with van der Waals surface area (Å²) >= 11 is 0. The molecule has 3 unspecified atom stereocenters. The van der Waals surface area contributed by atoms with Crippen LogP contribution in [0.2, 0.25) is 0 Å². The van der Waals surface area contributed by atoms with E-state index in [0.717, 1.165) is 27.8 Å². The van der Waals surface area contributed by atoms with E-state index in [1.807, 2.05) is 73.5 Å². The number of carbonyl (C=O) groups is 3. The maximum Gasteiger partial charge on any atom is 0.407 e. The van der Waals surface area contributed by atoms with E-state index in [1.54, 1.807) is 0 Å². The first-order valence-corrected chi connectivity index (χ1v) is 14.2. The summed E-state index contributed by atoms with van der Waals surface area (Å²) in [5, 5.41) is 12.7. The molecule has 0 bridgehead atoms. The Morgan fingerprint density at radius 3 is 2.22 bits per heavy atom. The van der Waals surface area contributed by atoms with Crippen LogP contribution in [0.15, 0.2) is 78.9 Å². The Balaban J connectivity index is 1.31. The fourth-order valence-electron chi connectivity index (χ4n) is 6.08. The summed E-state index contributed by atoms with van der Waals surface area (Å²) in [5.74, 6) is -1.34. The molecule has 2 amide bonds. The van der Waals surface area contributed by atoms with Crippen molar-refractivity contribution >= 4 is 18.0 Å². The highest BCUT2D eigenvalue weighted by atomic mass is 16.5. The summed E-state index contributed by atoms with van der Waals surface area (Å²) in [5.41, 5.74) is 5.53. The van der Waals surface area contributed by atoms with Crippen molar-refractivity contribution in [3.05, 3.63) is 95.6 Å². The van der Waals surface area contributed by atoms with Gasteiger partial charge in [-0.3, -0.25) is 9.69 Å². The van der Waals surface area contributed by atoms with Gasteiger partial charge in [-0.05, 0) is 53.6 Å². The Labute approximate surface area is 240 Å². The second kappa shape index (κ2) is 12.6.